The summed E-state index contributed by atoms with van der Waals surface area (Å²) < 4.78 is 0. The van der Waals surface area contributed by atoms with Crippen LogP contribution < -0.4 is 5.32 Å². The molecule has 0 bridgehead atoms. The minimum Gasteiger partial charge on any atom is -0.311 e. The molecule has 2 atom stereocenters. The van der Waals surface area contributed by atoms with E-state index in [0.29, 0.717) is 0 Å². The van der Waals surface area contributed by atoms with Crippen LogP contribution in [0.4, 0.5) is 0 Å². The topological polar surface area (TPSA) is 12.0 Å². The van der Waals surface area contributed by atoms with Crippen LogP contribution >= 0.6 is 0 Å². The van der Waals surface area contributed by atoms with Gasteiger partial charge in [-0.1, -0.05) is 32.1 Å². The monoisotopic (exact) mass is 221 g/mol. The second-order valence-corrected chi connectivity index (χ2v) is 6.76. The Hall–Kier alpha value is -0.0400. The third-order valence-electron chi connectivity index (χ3n) is 5.39. The molecule has 3 aliphatic rings. The average molecular weight is 221 g/mol. The van der Waals surface area contributed by atoms with E-state index in [2.05, 4.69) is 12.2 Å². The van der Waals surface area contributed by atoms with Gasteiger partial charge in [-0.3, -0.25) is 0 Å². The molecule has 0 aromatic rings. The molecule has 3 saturated carbocycles. The SMILES string of the molecule is CC(CC1CC1)NC1CCC12CCCCC2. The molecule has 3 rings (SSSR count). The Labute approximate surface area is 100 Å². The maximum absolute atomic E-state index is 3.95. The minimum absolute atomic E-state index is 0.746. The third kappa shape index (κ3) is 2.16. The van der Waals surface area contributed by atoms with Gasteiger partial charge in [0.25, 0.3) is 0 Å². The van der Waals surface area contributed by atoms with Gasteiger partial charge in [-0.15, -0.1) is 0 Å². The van der Waals surface area contributed by atoms with Gasteiger partial charge in [0, 0.05) is 12.1 Å². The van der Waals surface area contributed by atoms with Crippen molar-refractivity contribution in [3.63, 3.8) is 0 Å². The lowest BCUT2D eigenvalue weighted by Gasteiger charge is -2.53. The number of hydrogen-bond donors (Lipinski definition) is 1. The highest BCUT2D eigenvalue weighted by Gasteiger charge is 2.47. The highest BCUT2D eigenvalue weighted by Crippen LogP contribution is 2.52. The van der Waals surface area contributed by atoms with Gasteiger partial charge >= 0.3 is 0 Å². The first-order valence-electron chi connectivity index (χ1n) is 7.55. The predicted molar refractivity (Wildman–Crippen MR) is 68.5 cm³/mol. The molecule has 3 aliphatic carbocycles. The molecular formula is C15H27N. The highest BCUT2D eigenvalue weighted by atomic mass is 15.0. The molecule has 0 aromatic heterocycles. The predicted octanol–water partition coefficient (Wildman–Crippen LogP) is 3.88. The molecule has 1 nitrogen and oxygen atoms in total. The van der Waals surface area contributed by atoms with Crippen molar-refractivity contribution >= 4 is 0 Å². The number of rotatable bonds is 4. The van der Waals surface area contributed by atoms with Crippen LogP contribution in [0.3, 0.4) is 0 Å². The lowest BCUT2D eigenvalue weighted by Crippen LogP contribution is -2.56. The zero-order chi connectivity index (χ0) is 11.0. The summed E-state index contributed by atoms with van der Waals surface area (Å²) in [5.74, 6) is 1.07. The summed E-state index contributed by atoms with van der Waals surface area (Å²) in [6.07, 6.45) is 14.9. The van der Waals surface area contributed by atoms with E-state index in [9.17, 15) is 0 Å². The summed E-state index contributed by atoms with van der Waals surface area (Å²) in [5.41, 5.74) is 0.746. The van der Waals surface area contributed by atoms with Crippen LogP contribution in [0.5, 0.6) is 0 Å². The first-order chi connectivity index (χ1) is 7.78. The fourth-order valence-corrected chi connectivity index (χ4v) is 4.08. The summed E-state index contributed by atoms with van der Waals surface area (Å²) in [7, 11) is 0. The Morgan fingerprint density at radius 2 is 1.81 bits per heavy atom. The van der Waals surface area contributed by atoms with Crippen molar-refractivity contribution in [3.05, 3.63) is 0 Å². The lowest BCUT2D eigenvalue weighted by atomic mass is 9.57. The number of hydrogen-bond acceptors (Lipinski definition) is 1. The van der Waals surface area contributed by atoms with Crippen molar-refractivity contribution in [2.75, 3.05) is 0 Å². The fourth-order valence-electron chi connectivity index (χ4n) is 4.08. The van der Waals surface area contributed by atoms with Gasteiger partial charge in [0.2, 0.25) is 0 Å². The minimum atomic E-state index is 0.746. The Morgan fingerprint density at radius 1 is 1.06 bits per heavy atom. The van der Waals surface area contributed by atoms with Gasteiger partial charge in [-0.05, 0) is 50.4 Å². The molecule has 0 aliphatic heterocycles. The van der Waals surface area contributed by atoms with Crippen LogP contribution in [0.2, 0.25) is 0 Å². The first-order valence-corrected chi connectivity index (χ1v) is 7.55. The second-order valence-electron chi connectivity index (χ2n) is 6.76. The zero-order valence-corrected chi connectivity index (χ0v) is 10.8. The van der Waals surface area contributed by atoms with Crippen molar-refractivity contribution in [1.29, 1.82) is 0 Å². The Balaban J connectivity index is 1.50. The Bertz CT molecular complexity index is 238. The zero-order valence-electron chi connectivity index (χ0n) is 10.8. The Morgan fingerprint density at radius 3 is 2.38 bits per heavy atom. The van der Waals surface area contributed by atoms with Crippen molar-refractivity contribution in [1.82, 2.24) is 5.32 Å². The molecule has 0 radical (unpaired) electrons. The molecular weight excluding hydrogens is 194 g/mol. The molecule has 0 saturated heterocycles. The molecule has 0 heterocycles. The van der Waals surface area contributed by atoms with E-state index in [4.69, 9.17) is 0 Å². The summed E-state index contributed by atoms with van der Waals surface area (Å²) >= 11 is 0. The summed E-state index contributed by atoms with van der Waals surface area (Å²) in [6.45, 7) is 2.41. The maximum atomic E-state index is 3.95. The average Bonchev–Trinajstić information content (AvgIpc) is 3.10. The van der Waals surface area contributed by atoms with E-state index in [1.807, 2.05) is 0 Å². The standard InChI is InChI=1S/C15H27N/c1-12(11-13-5-6-13)16-14-7-10-15(14)8-3-2-4-9-15/h12-14,16H,2-11H2,1H3. The summed E-state index contributed by atoms with van der Waals surface area (Å²) in [5, 5.41) is 3.95. The molecule has 1 spiro atoms. The highest BCUT2D eigenvalue weighted by molar-refractivity contribution is 5.02. The van der Waals surface area contributed by atoms with Gasteiger partial charge in [-0.25, -0.2) is 0 Å². The van der Waals surface area contributed by atoms with E-state index in [1.165, 1.54) is 64.2 Å². The molecule has 92 valence electrons. The van der Waals surface area contributed by atoms with E-state index in [0.717, 1.165) is 23.4 Å². The molecule has 0 aromatic carbocycles. The van der Waals surface area contributed by atoms with Crippen LogP contribution in [-0.2, 0) is 0 Å². The largest absolute Gasteiger partial charge is 0.311 e. The van der Waals surface area contributed by atoms with E-state index < -0.39 is 0 Å². The fraction of sp³-hybridized carbons (Fsp3) is 1.00. The van der Waals surface area contributed by atoms with Crippen LogP contribution in [0, 0.1) is 11.3 Å². The van der Waals surface area contributed by atoms with Crippen LogP contribution in [0.1, 0.15) is 71.1 Å². The van der Waals surface area contributed by atoms with E-state index in [1.54, 1.807) is 0 Å². The summed E-state index contributed by atoms with van der Waals surface area (Å²) in [6, 6.07) is 1.65. The summed E-state index contributed by atoms with van der Waals surface area (Å²) in [4.78, 5) is 0. The Kier molecular flexibility index (Phi) is 2.99. The lowest BCUT2D eigenvalue weighted by molar-refractivity contribution is 0.0167. The van der Waals surface area contributed by atoms with E-state index >= 15 is 0 Å². The molecule has 0 amide bonds. The van der Waals surface area contributed by atoms with E-state index in [-0.39, 0.29) is 0 Å². The van der Waals surface area contributed by atoms with Gasteiger partial charge < -0.3 is 5.32 Å². The second kappa shape index (κ2) is 4.33. The first kappa shape index (κ1) is 11.1. The van der Waals surface area contributed by atoms with Gasteiger partial charge in [0.15, 0.2) is 0 Å². The van der Waals surface area contributed by atoms with Crippen molar-refractivity contribution < 1.29 is 0 Å². The third-order valence-corrected chi connectivity index (χ3v) is 5.39. The molecule has 1 heteroatoms. The molecule has 3 fully saturated rings. The smallest absolute Gasteiger partial charge is 0.0126 e. The molecule has 16 heavy (non-hydrogen) atoms. The normalized spacial score (nSPS) is 34.7. The van der Waals surface area contributed by atoms with Crippen LogP contribution in [0.15, 0.2) is 0 Å². The van der Waals surface area contributed by atoms with Gasteiger partial charge in [-0.2, -0.15) is 0 Å². The maximum Gasteiger partial charge on any atom is 0.0126 e. The van der Waals surface area contributed by atoms with Crippen LogP contribution in [0.25, 0.3) is 0 Å². The van der Waals surface area contributed by atoms with Crippen molar-refractivity contribution in [2.45, 2.75) is 83.2 Å². The number of nitrogens with one attached hydrogen (secondary N) is 1. The quantitative estimate of drug-likeness (QED) is 0.759. The molecule has 1 N–H and O–H groups in total. The molecule has 2 unspecified atom stereocenters. The van der Waals surface area contributed by atoms with Crippen molar-refractivity contribution in [3.8, 4) is 0 Å². The van der Waals surface area contributed by atoms with Gasteiger partial charge in [0.1, 0.15) is 0 Å². The van der Waals surface area contributed by atoms with Gasteiger partial charge in [0.05, 0.1) is 0 Å². The van der Waals surface area contributed by atoms with Crippen molar-refractivity contribution in [2.24, 2.45) is 11.3 Å². The van der Waals surface area contributed by atoms with Crippen LogP contribution in [-0.4, -0.2) is 12.1 Å².